The van der Waals surface area contributed by atoms with Crippen LogP contribution < -0.4 is 4.90 Å². The Morgan fingerprint density at radius 3 is 2.82 bits per heavy atom. The zero-order chi connectivity index (χ0) is 12.3. The quantitative estimate of drug-likeness (QED) is 0.740. The van der Waals surface area contributed by atoms with Crippen LogP contribution in [0.3, 0.4) is 0 Å². The van der Waals surface area contributed by atoms with E-state index in [1.54, 1.807) is 0 Å². The van der Waals surface area contributed by atoms with Crippen molar-refractivity contribution in [3.63, 3.8) is 0 Å². The summed E-state index contributed by atoms with van der Waals surface area (Å²) < 4.78 is 0. The molecule has 0 radical (unpaired) electrons. The fraction of sp³-hybridized carbons (Fsp3) is 0.533. The van der Waals surface area contributed by atoms with Gasteiger partial charge in [-0.15, -0.1) is 0 Å². The van der Waals surface area contributed by atoms with E-state index in [9.17, 15) is 4.79 Å². The third-order valence-electron chi connectivity index (χ3n) is 3.64. The molecule has 0 aromatic heterocycles. The number of carbonyl (C=O) groups is 1. The molecule has 0 aliphatic carbocycles. The van der Waals surface area contributed by atoms with E-state index in [1.165, 1.54) is 19.3 Å². The molecule has 1 aromatic rings. The second-order valence-electron chi connectivity index (χ2n) is 4.83. The average molecular weight is 231 g/mol. The van der Waals surface area contributed by atoms with Gasteiger partial charge in [-0.05, 0) is 38.3 Å². The molecule has 1 saturated heterocycles. The number of benzene rings is 1. The Kier molecular flexibility index (Phi) is 3.82. The molecule has 2 nitrogen and oxygen atoms in total. The maximum Gasteiger partial charge on any atom is 0.164 e. The molecule has 1 aliphatic rings. The smallest absolute Gasteiger partial charge is 0.164 e. The number of hydrogen-bond donors (Lipinski definition) is 0. The molecule has 1 atom stereocenters. The lowest BCUT2D eigenvalue weighted by Gasteiger charge is -2.36. The molecule has 0 saturated carbocycles. The van der Waals surface area contributed by atoms with Crippen molar-refractivity contribution in [2.24, 2.45) is 0 Å². The monoisotopic (exact) mass is 231 g/mol. The largest absolute Gasteiger partial charge is 0.368 e. The standard InChI is InChI=1S/C15H21NO/c1-3-15(17)13-9-4-5-10-14(13)16-11-7-6-8-12(16)2/h4-5,9-10,12H,3,6-8,11H2,1-2H3. The number of piperidine rings is 1. The summed E-state index contributed by atoms with van der Waals surface area (Å²) in [7, 11) is 0. The molecule has 92 valence electrons. The Balaban J connectivity index is 2.33. The van der Waals surface area contributed by atoms with Gasteiger partial charge in [0.1, 0.15) is 0 Å². The molecule has 0 bridgehead atoms. The number of ketones is 1. The Bertz CT molecular complexity index is 400. The molecule has 0 spiro atoms. The van der Waals surface area contributed by atoms with Crippen LogP contribution in [0.5, 0.6) is 0 Å². The van der Waals surface area contributed by atoms with E-state index < -0.39 is 0 Å². The normalized spacial score (nSPS) is 20.4. The predicted octanol–water partition coefficient (Wildman–Crippen LogP) is 3.66. The van der Waals surface area contributed by atoms with Gasteiger partial charge in [0.15, 0.2) is 5.78 Å². The molecule has 1 heterocycles. The number of carbonyl (C=O) groups excluding carboxylic acids is 1. The fourth-order valence-electron chi connectivity index (χ4n) is 2.61. The third kappa shape index (κ3) is 2.51. The summed E-state index contributed by atoms with van der Waals surface area (Å²) in [5.41, 5.74) is 2.02. The van der Waals surface area contributed by atoms with Gasteiger partial charge in [-0.3, -0.25) is 4.79 Å². The van der Waals surface area contributed by atoms with Crippen molar-refractivity contribution in [2.45, 2.75) is 45.6 Å². The van der Waals surface area contributed by atoms with E-state index in [0.717, 1.165) is 17.8 Å². The highest BCUT2D eigenvalue weighted by Gasteiger charge is 2.22. The zero-order valence-corrected chi connectivity index (χ0v) is 10.8. The van der Waals surface area contributed by atoms with Gasteiger partial charge < -0.3 is 4.90 Å². The summed E-state index contributed by atoms with van der Waals surface area (Å²) in [6.45, 7) is 5.26. The number of anilines is 1. The maximum absolute atomic E-state index is 12.0. The van der Waals surface area contributed by atoms with Gasteiger partial charge in [0.2, 0.25) is 0 Å². The van der Waals surface area contributed by atoms with Crippen LogP contribution in [0.2, 0.25) is 0 Å². The van der Waals surface area contributed by atoms with Crippen LogP contribution in [0, 0.1) is 0 Å². The van der Waals surface area contributed by atoms with Crippen LogP contribution in [0.15, 0.2) is 24.3 Å². The first-order chi connectivity index (χ1) is 8.24. The van der Waals surface area contributed by atoms with Gasteiger partial charge in [-0.2, -0.15) is 0 Å². The summed E-state index contributed by atoms with van der Waals surface area (Å²) >= 11 is 0. The second kappa shape index (κ2) is 5.35. The molecule has 2 heteroatoms. The Morgan fingerprint density at radius 1 is 1.35 bits per heavy atom. The molecular formula is C15H21NO. The van der Waals surface area contributed by atoms with Gasteiger partial charge in [0.05, 0.1) is 0 Å². The lowest BCUT2D eigenvalue weighted by molar-refractivity contribution is 0.0988. The minimum atomic E-state index is 0.248. The summed E-state index contributed by atoms with van der Waals surface area (Å²) in [5.74, 6) is 0.248. The summed E-state index contributed by atoms with van der Waals surface area (Å²) in [5, 5.41) is 0. The molecule has 1 fully saturated rings. The van der Waals surface area contributed by atoms with E-state index in [4.69, 9.17) is 0 Å². The van der Waals surface area contributed by atoms with Gasteiger partial charge >= 0.3 is 0 Å². The van der Waals surface area contributed by atoms with Crippen molar-refractivity contribution in [1.29, 1.82) is 0 Å². The van der Waals surface area contributed by atoms with Crippen LogP contribution >= 0.6 is 0 Å². The minimum Gasteiger partial charge on any atom is -0.368 e. The maximum atomic E-state index is 12.0. The van der Waals surface area contributed by atoms with Gasteiger partial charge in [-0.1, -0.05) is 19.1 Å². The first kappa shape index (κ1) is 12.2. The van der Waals surface area contributed by atoms with Crippen molar-refractivity contribution >= 4 is 11.5 Å². The average Bonchev–Trinajstić information content (AvgIpc) is 2.38. The Hall–Kier alpha value is -1.31. The lowest BCUT2D eigenvalue weighted by atomic mass is 9.99. The van der Waals surface area contributed by atoms with Crippen LogP contribution in [-0.4, -0.2) is 18.4 Å². The molecule has 0 amide bonds. The fourth-order valence-corrected chi connectivity index (χ4v) is 2.61. The number of para-hydroxylation sites is 1. The van der Waals surface area contributed by atoms with Crippen molar-refractivity contribution in [1.82, 2.24) is 0 Å². The second-order valence-corrected chi connectivity index (χ2v) is 4.83. The molecule has 0 N–H and O–H groups in total. The molecule has 1 aromatic carbocycles. The molecule has 1 unspecified atom stereocenters. The van der Waals surface area contributed by atoms with E-state index in [0.29, 0.717) is 12.5 Å². The number of hydrogen-bond acceptors (Lipinski definition) is 2. The van der Waals surface area contributed by atoms with Gasteiger partial charge in [0.25, 0.3) is 0 Å². The summed E-state index contributed by atoms with van der Waals surface area (Å²) in [4.78, 5) is 14.4. The highest BCUT2D eigenvalue weighted by atomic mass is 16.1. The van der Waals surface area contributed by atoms with E-state index >= 15 is 0 Å². The van der Waals surface area contributed by atoms with Crippen LogP contribution in [-0.2, 0) is 0 Å². The van der Waals surface area contributed by atoms with Crippen molar-refractivity contribution in [2.75, 3.05) is 11.4 Å². The Morgan fingerprint density at radius 2 is 2.12 bits per heavy atom. The summed E-state index contributed by atoms with van der Waals surface area (Å²) in [6, 6.07) is 8.59. The highest BCUT2D eigenvalue weighted by molar-refractivity contribution is 6.01. The van der Waals surface area contributed by atoms with Crippen LogP contribution in [0.1, 0.15) is 49.9 Å². The zero-order valence-electron chi connectivity index (χ0n) is 10.8. The summed E-state index contributed by atoms with van der Waals surface area (Å²) in [6.07, 6.45) is 4.36. The predicted molar refractivity (Wildman–Crippen MR) is 71.7 cm³/mol. The highest BCUT2D eigenvalue weighted by Crippen LogP contribution is 2.28. The van der Waals surface area contributed by atoms with Crippen molar-refractivity contribution < 1.29 is 4.79 Å². The first-order valence-corrected chi connectivity index (χ1v) is 6.63. The number of rotatable bonds is 3. The van der Waals surface area contributed by atoms with Crippen molar-refractivity contribution in [3.8, 4) is 0 Å². The van der Waals surface area contributed by atoms with Crippen LogP contribution in [0.25, 0.3) is 0 Å². The van der Waals surface area contributed by atoms with Crippen molar-refractivity contribution in [3.05, 3.63) is 29.8 Å². The number of Topliss-reactive ketones (excluding diaryl/α,β-unsaturated/α-hetero) is 1. The van der Waals surface area contributed by atoms with Gasteiger partial charge in [-0.25, -0.2) is 0 Å². The third-order valence-corrected chi connectivity index (χ3v) is 3.64. The minimum absolute atomic E-state index is 0.248. The van der Waals surface area contributed by atoms with Gasteiger partial charge in [0, 0.05) is 30.3 Å². The molecular weight excluding hydrogens is 210 g/mol. The molecule has 1 aliphatic heterocycles. The van der Waals surface area contributed by atoms with E-state index in [2.05, 4.69) is 17.9 Å². The van der Waals surface area contributed by atoms with Crippen LogP contribution in [0.4, 0.5) is 5.69 Å². The topological polar surface area (TPSA) is 20.3 Å². The van der Waals surface area contributed by atoms with E-state index in [-0.39, 0.29) is 5.78 Å². The SMILES string of the molecule is CCC(=O)c1ccccc1N1CCCCC1C. The Labute approximate surface area is 104 Å². The molecule has 2 rings (SSSR count). The first-order valence-electron chi connectivity index (χ1n) is 6.63. The lowest BCUT2D eigenvalue weighted by Crippen LogP contribution is -2.38. The van der Waals surface area contributed by atoms with E-state index in [1.807, 2.05) is 25.1 Å². The molecule has 17 heavy (non-hydrogen) atoms. The number of nitrogens with zero attached hydrogens (tertiary/aromatic N) is 1.